The highest BCUT2D eigenvalue weighted by Gasteiger charge is 2.26. The fraction of sp³-hybridized carbons (Fsp3) is 0.471. The molecule has 1 aliphatic heterocycles. The maximum Gasteiger partial charge on any atom is 0.410 e. The summed E-state index contributed by atoms with van der Waals surface area (Å²) in [6, 6.07) is 6.47. The monoisotopic (exact) mass is 353 g/mol. The molecule has 0 fully saturated rings. The summed E-state index contributed by atoms with van der Waals surface area (Å²) in [5.41, 5.74) is 0.408. The number of ether oxygens (including phenoxy) is 1. The highest BCUT2D eigenvalue weighted by atomic mass is 32.2. The van der Waals surface area contributed by atoms with Crippen LogP contribution in [0.3, 0.4) is 0 Å². The standard InChI is InChI=1S/C17H23NO5S/c1-13-5-7-15(8-6-13)24(20,21)23-14-9-11-18(12-10-14)16(19)22-17(2,3)4/h5-9H,10-12H2,1-4H3. The van der Waals surface area contributed by atoms with E-state index in [1.54, 1.807) is 39.0 Å². The Morgan fingerprint density at radius 2 is 1.79 bits per heavy atom. The Labute approximate surface area is 143 Å². The Morgan fingerprint density at radius 3 is 2.29 bits per heavy atom. The molecule has 0 saturated heterocycles. The van der Waals surface area contributed by atoms with Gasteiger partial charge in [-0.1, -0.05) is 17.7 Å². The van der Waals surface area contributed by atoms with E-state index in [0.717, 1.165) is 5.56 Å². The van der Waals surface area contributed by atoms with Crippen LogP contribution in [0.1, 0.15) is 32.8 Å². The van der Waals surface area contributed by atoms with Crippen LogP contribution in [0.15, 0.2) is 41.0 Å². The Bertz CT molecular complexity index is 729. The lowest BCUT2D eigenvalue weighted by Crippen LogP contribution is -2.39. The van der Waals surface area contributed by atoms with Gasteiger partial charge in [0.25, 0.3) is 0 Å². The molecule has 0 bridgehead atoms. The molecule has 0 aromatic heterocycles. The summed E-state index contributed by atoms with van der Waals surface area (Å²) >= 11 is 0. The Kier molecular flexibility index (Phi) is 5.22. The first-order valence-corrected chi connectivity index (χ1v) is 9.16. The van der Waals surface area contributed by atoms with E-state index < -0.39 is 21.8 Å². The molecule has 0 aliphatic carbocycles. The molecule has 0 saturated carbocycles. The van der Waals surface area contributed by atoms with E-state index in [2.05, 4.69) is 0 Å². The minimum Gasteiger partial charge on any atom is -0.444 e. The summed E-state index contributed by atoms with van der Waals surface area (Å²) in [5.74, 6) is 0.343. The molecule has 1 amide bonds. The van der Waals surface area contributed by atoms with Gasteiger partial charge in [0.1, 0.15) is 16.3 Å². The first kappa shape index (κ1) is 18.3. The number of aryl methyl sites for hydroxylation is 1. The summed E-state index contributed by atoms with van der Waals surface area (Å²) in [4.78, 5) is 13.6. The van der Waals surface area contributed by atoms with Crippen molar-refractivity contribution in [1.29, 1.82) is 0 Å². The Hall–Kier alpha value is -2.02. The summed E-state index contributed by atoms with van der Waals surface area (Å²) in [7, 11) is -3.85. The van der Waals surface area contributed by atoms with E-state index in [-0.39, 0.29) is 11.4 Å². The molecule has 1 aromatic carbocycles. The van der Waals surface area contributed by atoms with Gasteiger partial charge in [-0.2, -0.15) is 8.42 Å². The SMILES string of the molecule is Cc1ccc(S(=O)(=O)OC2=CCN(C(=O)OC(C)(C)C)CC2)cc1. The molecule has 0 radical (unpaired) electrons. The highest BCUT2D eigenvalue weighted by molar-refractivity contribution is 7.86. The quantitative estimate of drug-likeness (QED) is 0.780. The minimum absolute atomic E-state index is 0.114. The average Bonchev–Trinajstić information content (AvgIpc) is 2.46. The van der Waals surface area contributed by atoms with Gasteiger partial charge in [0, 0.05) is 19.5 Å². The number of nitrogens with zero attached hydrogens (tertiary/aromatic N) is 1. The van der Waals surface area contributed by atoms with Gasteiger partial charge >= 0.3 is 16.2 Å². The van der Waals surface area contributed by atoms with Crippen molar-refractivity contribution in [2.45, 2.75) is 44.6 Å². The topological polar surface area (TPSA) is 72.9 Å². The molecular weight excluding hydrogens is 330 g/mol. The lowest BCUT2D eigenvalue weighted by molar-refractivity contribution is 0.0259. The van der Waals surface area contributed by atoms with Gasteiger partial charge in [-0.25, -0.2) is 4.79 Å². The van der Waals surface area contributed by atoms with E-state index in [1.165, 1.54) is 17.0 Å². The van der Waals surface area contributed by atoms with Crippen LogP contribution < -0.4 is 0 Å². The van der Waals surface area contributed by atoms with Gasteiger partial charge in [-0.3, -0.25) is 0 Å². The first-order valence-electron chi connectivity index (χ1n) is 7.75. The molecule has 6 nitrogen and oxygen atoms in total. The molecule has 24 heavy (non-hydrogen) atoms. The maximum atomic E-state index is 12.2. The molecule has 2 rings (SSSR count). The number of rotatable bonds is 3. The van der Waals surface area contributed by atoms with Crippen LogP contribution in [-0.4, -0.2) is 38.1 Å². The second-order valence-corrected chi connectivity index (χ2v) is 8.24. The van der Waals surface area contributed by atoms with Crippen molar-refractivity contribution in [2.75, 3.05) is 13.1 Å². The third-order valence-corrected chi connectivity index (χ3v) is 4.63. The van der Waals surface area contributed by atoms with Gasteiger partial charge in [-0.15, -0.1) is 0 Å². The molecule has 0 spiro atoms. The maximum absolute atomic E-state index is 12.2. The van der Waals surface area contributed by atoms with Crippen molar-refractivity contribution >= 4 is 16.2 Å². The lowest BCUT2D eigenvalue weighted by Gasteiger charge is -2.29. The zero-order chi connectivity index (χ0) is 18.0. The Morgan fingerprint density at radius 1 is 1.17 bits per heavy atom. The van der Waals surface area contributed by atoms with Crippen molar-refractivity contribution in [3.63, 3.8) is 0 Å². The molecule has 1 heterocycles. The molecule has 1 aromatic rings. The van der Waals surface area contributed by atoms with Crippen LogP contribution >= 0.6 is 0 Å². The van der Waals surface area contributed by atoms with E-state index >= 15 is 0 Å². The number of hydrogen-bond acceptors (Lipinski definition) is 5. The fourth-order valence-corrected chi connectivity index (χ4v) is 3.11. The van der Waals surface area contributed by atoms with Gasteiger partial charge in [0.15, 0.2) is 0 Å². The number of benzene rings is 1. The number of amides is 1. The number of carbonyl (C=O) groups is 1. The number of hydrogen-bond donors (Lipinski definition) is 0. The third kappa shape index (κ3) is 4.99. The Balaban J connectivity index is 2.00. The summed E-state index contributed by atoms with van der Waals surface area (Å²) in [6.45, 7) is 7.89. The predicted molar refractivity (Wildman–Crippen MR) is 90.0 cm³/mol. The average molecular weight is 353 g/mol. The molecular formula is C17H23NO5S. The summed E-state index contributed by atoms with van der Waals surface area (Å²) in [6.07, 6.45) is 1.50. The predicted octanol–water partition coefficient (Wildman–Crippen LogP) is 3.23. The first-order chi connectivity index (χ1) is 11.1. The van der Waals surface area contributed by atoms with Gasteiger partial charge in [-0.05, 0) is 45.9 Å². The van der Waals surface area contributed by atoms with Crippen molar-refractivity contribution in [1.82, 2.24) is 4.90 Å². The highest BCUT2D eigenvalue weighted by Crippen LogP contribution is 2.21. The zero-order valence-corrected chi connectivity index (χ0v) is 15.2. The number of carbonyl (C=O) groups excluding carboxylic acids is 1. The van der Waals surface area contributed by atoms with Crippen molar-refractivity contribution in [3.05, 3.63) is 41.7 Å². The molecule has 0 N–H and O–H groups in total. The molecule has 1 aliphatic rings. The minimum atomic E-state index is -3.85. The van der Waals surface area contributed by atoms with E-state index in [1.807, 2.05) is 6.92 Å². The smallest absolute Gasteiger partial charge is 0.410 e. The van der Waals surface area contributed by atoms with E-state index in [4.69, 9.17) is 8.92 Å². The van der Waals surface area contributed by atoms with Crippen LogP contribution in [0.5, 0.6) is 0 Å². The summed E-state index contributed by atoms with van der Waals surface area (Å²) < 4.78 is 35.0. The van der Waals surface area contributed by atoms with Crippen molar-refractivity contribution in [2.24, 2.45) is 0 Å². The molecule has 7 heteroatoms. The molecule has 0 atom stereocenters. The molecule has 0 unspecified atom stereocenters. The van der Waals surface area contributed by atoms with Crippen LogP contribution in [-0.2, 0) is 19.0 Å². The second kappa shape index (κ2) is 6.84. The molecule has 132 valence electrons. The zero-order valence-electron chi connectivity index (χ0n) is 14.4. The van der Waals surface area contributed by atoms with Gasteiger partial charge in [0.2, 0.25) is 0 Å². The van der Waals surface area contributed by atoms with Crippen molar-refractivity contribution < 1.29 is 22.1 Å². The van der Waals surface area contributed by atoms with E-state index in [0.29, 0.717) is 18.7 Å². The van der Waals surface area contributed by atoms with Crippen molar-refractivity contribution in [3.8, 4) is 0 Å². The van der Waals surface area contributed by atoms with Gasteiger partial charge in [0.05, 0.1) is 0 Å². The van der Waals surface area contributed by atoms with Crippen LogP contribution in [0.2, 0.25) is 0 Å². The summed E-state index contributed by atoms with van der Waals surface area (Å²) in [5, 5.41) is 0. The lowest BCUT2D eigenvalue weighted by atomic mass is 10.2. The van der Waals surface area contributed by atoms with Crippen LogP contribution in [0.4, 0.5) is 4.79 Å². The third-order valence-electron chi connectivity index (χ3n) is 3.35. The largest absolute Gasteiger partial charge is 0.444 e. The van der Waals surface area contributed by atoms with Gasteiger partial charge < -0.3 is 13.8 Å². The normalized spacial score (nSPS) is 15.7. The van der Waals surface area contributed by atoms with Crippen LogP contribution in [0, 0.1) is 6.92 Å². The second-order valence-electron chi connectivity index (χ2n) is 6.70. The van der Waals surface area contributed by atoms with E-state index in [9.17, 15) is 13.2 Å². The fourth-order valence-electron chi connectivity index (χ4n) is 2.11. The van der Waals surface area contributed by atoms with Crippen LogP contribution in [0.25, 0.3) is 0 Å².